The molecule has 8 heteroatoms. The van der Waals surface area contributed by atoms with E-state index in [1.54, 1.807) is 31.0 Å². The molecular weight excluding hydrogens is 368 g/mol. The molecule has 1 aliphatic rings. The number of nitrogens with zero attached hydrogens (tertiary/aromatic N) is 5. The minimum absolute atomic E-state index is 0.0657. The van der Waals surface area contributed by atoms with Crippen LogP contribution in [-0.4, -0.2) is 32.8 Å². The molecule has 1 unspecified atom stereocenters. The maximum absolute atomic E-state index is 12.9. The molecule has 0 saturated heterocycles. The molecule has 0 bridgehead atoms. The molecule has 2 heterocycles. The van der Waals surface area contributed by atoms with Crippen molar-refractivity contribution >= 4 is 22.8 Å². The molecular formula is C21H24N6O2. The van der Waals surface area contributed by atoms with E-state index in [0.29, 0.717) is 28.6 Å². The van der Waals surface area contributed by atoms with Crippen molar-refractivity contribution in [1.82, 2.24) is 19.1 Å². The van der Waals surface area contributed by atoms with Crippen molar-refractivity contribution in [2.45, 2.75) is 32.2 Å². The molecule has 3 aromatic rings. The number of benzene rings is 1. The van der Waals surface area contributed by atoms with E-state index in [4.69, 9.17) is 10.00 Å². The van der Waals surface area contributed by atoms with Crippen molar-refractivity contribution in [2.75, 3.05) is 19.0 Å². The van der Waals surface area contributed by atoms with Crippen molar-refractivity contribution in [3.63, 3.8) is 0 Å². The van der Waals surface area contributed by atoms with Crippen LogP contribution in [0.25, 0.3) is 11.2 Å². The lowest BCUT2D eigenvalue weighted by Crippen LogP contribution is -2.25. The van der Waals surface area contributed by atoms with E-state index in [0.717, 1.165) is 37.1 Å². The van der Waals surface area contributed by atoms with Crippen LogP contribution in [0.5, 0.6) is 0 Å². The monoisotopic (exact) mass is 392 g/mol. The zero-order chi connectivity index (χ0) is 20.5. The van der Waals surface area contributed by atoms with Crippen LogP contribution in [0.15, 0.2) is 29.2 Å². The average Bonchev–Trinajstić information content (AvgIpc) is 3.26. The van der Waals surface area contributed by atoms with E-state index in [-0.39, 0.29) is 11.7 Å². The van der Waals surface area contributed by atoms with Gasteiger partial charge in [-0.15, -0.1) is 0 Å². The molecule has 0 spiro atoms. The van der Waals surface area contributed by atoms with Crippen LogP contribution in [-0.2, 0) is 11.8 Å². The lowest BCUT2D eigenvalue weighted by atomic mass is 10.1. The highest BCUT2D eigenvalue weighted by molar-refractivity contribution is 5.73. The van der Waals surface area contributed by atoms with Crippen LogP contribution in [0.1, 0.15) is 36.4 Å². The number of aromatic nitrogens is 4. The molecule has 29 heavy (non-hydrogen) atoms. The summed E-state index contributed by atoms with van der Waals surface area (Å²) in [5, 5.41) is 12.3. The van der Waals surface area contributed by atoms with Gasteiger partial charge in [0.15, 0.2) is 5.65 Å². The molecule has 0 aliphatic heterocycles. The second-order valence-electron chi connectivity index (χ2n) is 7.67. The van der Waals surface area contributed by atoms with Gasteiger partial charge in [-0.2, -0.15) is 10.2 Å². The summed E-state index contributed by atoms with van der Waals surface area (Å²) in [6.45, 7) is 2.64. The Hall–Kier alpha value is -3.18. The van der Waals surface area contributed by atoms with Gasteiger partial charge in [0.1, 0.15) is 5.52 Å². The first-order valence-electron chi connectivity index (χ1n) is 9.72. The number of hydrogen-bond donors (Lipinski definition) is 1. The molecule has 1 aliphatic carbocycles. The second-order valence-corrected chi connectivity index (χ2v) is 7.67. The quantitative estimate of drug-likeness (QED) is 0.717. The number of anilines is 2. The largest absolute Gasteiger partial charge is 0.384 e. The number of nitriles is 1. The van der Waals surface area contributed by atoms with E-state index in [1.807, 2.05) is 23.6 Å². The fourth-order valence-electron chi connectivity index (χ4n) is 4.19. The fraction of sp³-hybridized carbons (Fsp3) is 0.429. The Balaban J connectivity index is 1.70. The van der Waals surface area contributed by atoms with E-state index in [2.05, 4.69) is 21.4 Å². The standard InChI is InChI=1S/C21H24N6O2/c1-13-8-14(10-22)5-7-17(13)24-20-23-11-18-19(25-20)27(21(28)26(18)2)16-6-4-15(9-16)12-29-3/h5,7-8,11,15-16H,4,6,9,12H2,1-3H3,(H,23,24,25)/t15-,16?/m1/s1. The van der Waals surface area contributed by atoms with Gasteiger partial charge < -0.3 is 10.1 Å². The first kappa shape index (κ1) is 19.2. The summed E-state index contributed by atoms with van der Waals surface area (Å²) in [6, 6.07) is 7.65. The number of ether oxygens (including phenoxy) is 1. The molecule has 1 aromatic carbocycles. The van der Waals surface area contributed by atoms with E-state index >= 15 is 0 Å². The Labute approximate surface area is 168 Å². The predicted octanol–water partition coefficient (Wildman–Crippen LogP) is 3.04. The maximum Gasteiger partial charge on any atom is 0.330 e. The highest BCUT2D eigenvalue weighted by atomic mass is 16.5. The highest BCUT2D eigenvalue weighted by Crippen LogP contribution is 2.35. The smallest absolute Gasteiger partial charge is 0.330 e. The van der Waals surface area contributed by atoms with Crippen molar-refractivity contribution in [1.29, 1.82) is 5.26 Å². The third kappa shape index (κ3) is 3.49. The van der Waals surface area contributed by atoms with Gasteiger partial charge in [0.25, 0.3) is 0 Å². The number of rotatable bonds is 5. The number of fused-ring (bicyclic) bond motifs is 1. The van der Waals surface area contributed by atoms with Gasteiger partial charge in [0, 0.05) is 32.5 Å². The molecule has 0 amide bonds. The first-order chi connectivity index (χ1) is 14.0. The second kappa shape index (κ2) is 7.68. The third-order valence-electron chi connectivity index (χ3n) is 5.72. The van der Waals surface area contributed by atoms with Crippen LogP contribution in [0.4, 0.5) is 11.6 Å². The lowest BCUT2D eigenvalue weighted by molar-refractivity contribution is 0.153. The molecule has 1 N–H and O–H groups in total. The van der Waals surface area contributed by atoms with Crippen molar-refractivity contribution in [3.8, 4) is 6.07 Å². The zero-order valence-electron chi connectivity index (χ0n) is 16.8. The summed E-state index contributed by atoms with van der Waals surface area (Å²) in [4.78, 5) is 22.0. The molecule has 1 saturated carbocycles. The Morgan fingerprint density at radius 2 is 2.21 bits per heavy atom. The molecule has 8 nitrogen and oxygen atoms in total. The molecule has 2 aromatic heterocycles. The number of aryl methyl sites for hydroxylation is 2. The normalized spacial score (nSPS) is 18.8. The van der Waals surface area contributed by atoms with Gasteiger partial charge in [-0.1, -0.05) is 0 Å². The third-order valence-corrected chi connectivity index (χ3v) is 5.72. The van der Waals surface area contributed by atoms with Crippen molar-refractivity contribution < 1.29 is 4.74 Å². The van der Waals surface area contributed by atoms with E-state index < -0.39 is 0 Å². The highest BCUT2D eigenvalue weighted by Gasteiger charge is 2.29. The van der Waals surface area contributed by atoms with E-state index in [1.165, 1.54) is 0 Å². The van der Waals surface area contributed by atoms with Crippen LogP contribution in [0, 0.1) is 24.2 Å². The molecule has 0 radical (unpaired) electrons. The van der Waals surface area contributed by atoms with E-state index in [9.17, 15) is 4.79 Å². The SMILES string of the molecule is COC[C@@H]1CCC(n2c(=O)n(C)c3cnc(Nc4ccc(C#N)cc4C)nc32)C1. The minimum atomic E-state index is -0.0657. The molecule has 150 valence electrons. The summed E-state index contributed by atoms with van der Waals surface area (Å²) >= 11 is 0. The average molecular weight is 392 g/mol. The summed E-state index contributed by atoms with van der Waals surface area (Å²) in [6.07, 6.45) is 4.58. The first-order valence-corrected chi connectivity index (χ1v) is 9.72. The fourth-order valence-corrected chi connectivity index (χ4v) is 4.19. The minimum Gasteiger partial charge on any atom is -0.384 e. The van der Waals surface area contributed by atoms with Crippen molar-refractivity contribution in [2.24, 2.45) is 13.0 Å². The summed E-state index contributed by atoms with van der Waals surface area (Å²) in [7, 11) is 3.47. The number of imidazole rings is 1. The van der Waals surface area contributed by atoms with Gasteiger partial charge >= 0.3 is 5.69 Å². The molecule has 4 rings (SSSR count). The topological polar surface area (TPSA) is 97.8 Å². The van der Waals surface area contributed by atoms with Crippen molar-refractivity contribution in [3.05, 3.63) is 46.0 Å². The van der Waals surface area contributed by atoms with Crippen LogP contribution < -0.4 is 11.0 Å². The van der Waals surface area contributed by atoms with Gasteiger partial charge in [0.2, 0.25) is 5.95 Å². The number of methoxy groups -OCH3 is 1. The van der Waals surface area contributed by atoms with Crippen LogP contribution in [0.3, 0.4) is 0 Å². The summed E-state index contributed by atoms with van der Waals surface area (Å²) < 4.78 is 8.71. The Morgan fingerprint density at radius 1 is 1.38 bits per heavy atom. The Bertz CT molecular complexity index is 1160. The summed E-state index contributed by atoms with van der Waals surface area (Å²) in [5.41, 5.74) is 3.65. The van der Waals surface area contributed by atoms with Gasteiger partial charge in [-0.05, 0) is 55.9 Å². The summed E-state index contributed by atoms with van der Waals surface area (Å²) in [5.74, 6) is 0.893. The van der Waals surface area contributed by atoms with Crippen LogP contribution >= 0.6 is 0 Å². The zero-order valence-corrected chi connectivity index (χ0v) is 16.8. The Kier molecular flexibility index (Phi) is 5.07. The lowest BCUT2D eigenvalue weighted by Gasteiger charge is -2.13. The van der Waals surface area contributed by atoms with Gasteiger partial charge in [0.05, 0.1) is 17.8 Å². The van der Waals surface area contributed by atoms with Gasteiger partial charge in [-0.25, -0.2) is 9.78 Å². The predicted molar refractivity (Wildman–Crippen MR) is 110 cm³/mol. The Morgan fingerprint density at radius 3 is 2.93 bits per heavy atom. The number of nitrogens with one attached hydrogen (secondary N) is 1. The number of hydrogen-bond acceptors (Lipinski definition) is 6. The molecule has 2 atom stereocenters. The maximum atomic E-state index is 12.9. The van der Waals surface area contributed by atoms with Crippen LogP contribution in [0.2, 0.25) is 0 Å². The van der Waals surface area contributed by atoms with Gasteiger partial charge in [-0.3, -0.25) is 9.13 Å². The molecule has 1 fully saturated rings.